The van der Waals surface area contributed by atoms with Crippen molar-refractivity contribution in [1.82, 2.24) is 4.90 Å². The number of hydrogen-bond acceptors (Lipinski definition) is 3. The fourth-order valence-corrected chi connectivity index (χ4v) is 2.58. The van der Waals surface area contributed by atoms with Gasteiger partial charge in [-0.15, -0.1) is 0 Å². The molecule has 0 bridgehead atoms. The molecule has 1 aliphatic heterocycles. The summed E-state index contributed by atoms with van der Waals surface area (Å²) in [5.74, 6) is 5.92. The van der Waals surface area contributed by atoms with Gasteiger partial charge in [-0.05, 0) is 43.5 Å². The van der Waals surface area contributed by atoms with Gasteiger partial charge in [0.2, 0.25) is 0 Å². The molecule has 4 heteroatoms. The van der Waals surface area contributed by atoms with E-state index in [1.165, 1.54) is 0 Å². The molecule has 0 radical (unpaired) electrons. The summed E-state index contributed by atoms with van der Waals surface area (Å²) < 4.78 is 5.37. The number of carbonyl (C=O) groups is 1. The van der Waals surface area contributed by atoms with Crippen LogP contribution in [0.25, 0.3) is 0 Å². The molecule has 1 saturated heterocycles. The molecule has 1 aliphatic rings. The van der Waals surface area contributed by atoms with Gasteiger partial charge in [0.25, 0.3) is 5.91 Å². The largest absolute Gasteiger partial charge is 0.380 e. The van der Waals surface area contributed by atoms with E-state index in [9.17, 15) is 4.79 Å². The van der Waals surface area contributed by atoms with Crippen LogP contribution in [0.2, 0.25) is 0 Å². The molecule has 0 aliphatic carbocycles. The SMILES string of the molecule is COC1CCCN(C(=O)c2ccc(C#CCN)c(C)c2)C1. The van der Waals surface area contributed by atoms with E-state index in [-0.39, 0.29) is 12.0 Å². The highest BCUT2D eigenvalue weighted by Crippen LogP contribution is 2.17. The molecule has 1 aromatic rings. The average molecular weight is 286 g/mol. The summed E-state index contributed by atoms with van der Waals surface area (Å²) in [5, 5.41) is 0. The molecule has 1 amide bonds. The fraction of sp³-hybridized carbons (Fsp3) is 0.471. The Hall–Kier alpha value is -1.83. The number of hydrogen-bond donors (Lipinski definition) is 1. The third-order valence-corrected chi connectivity index (χ3v) is 3.80. The van der Waals surface area contributed by atoms with Crippen molar-refractivity contribution in [1.29, 1.82) is 0 Å². The van der Waals surface area contributed by atoms with Crippen LogP contribution in [0.3, 0.4) is 0 Å². The van der Waals surface area contributed by atoms with Crippen molar-refractivity contribution >= 4 is 5.91 Å². The lowest BCUT2D eigenvalue weighted by Gasteiger charge is -2.32. The van der Waals surface area contributed by atoms with Gasteiger partial charge in [0.15, 0.2) is 0 Å². The quantitative estimate of drug-likeness (QED) is 0.839. The van der Waals surface area contributed by atoms with E-state index >= 15 is 0 Å². The van der Waals surface area contributed by atoms with Crippen LogP contribution >= 0.6 is 0 Å². The highest BCUT2D eigenvalue weighted by atomic mass is 16.5. The van der Waals surface area contributed by atoms with E-state index in [2.05, 4.69) is 11.8 Å². The van der Waals surface area contributed by atoms with Gasteiger partial charge in [-0.1, -0.05) is 11.8 Å². The Morgan fingerprint density at radius 2 is 2.33 bits per heavy atom. The summed E-state index contributed by atoms with van der Waals surface area (Å²) in [6.07, 6.45) is 2.16. The molecule has 1 unspecified atom stereocenters. The number of aryl methyl sites for hydroxylation is 1. The molecule has 21 heavy (non-hydrogen) atoms. The molecule has 2 rings (SSSR count). The molecule has 4 nitrogen and oxygen atoms in total. The van der Waals surface area contributed by atoms with Crippen LogP contribution in [0.15, 0.2) is 18.2 Å². The van der Waals surface area contributed by atoms with Crippen LogP contribution in [0.4, 0.5) is 0 Å². The lowest BCUT2D eigenvalue weighted by atomic mass is 10.0. The molecule has 1 fully saturated rings. The van der Waals surface area contributed by atoms with E-state index in [0.717, 1.165) is 30.5 Å². The van der Waals surface area contributed by atoms with Crippen LogP contribution in [0.1, 0.15) is 34.3 Å². The maximum Gasteiger partial charge on any atom is 0.253 e. The standard InChI is InChI=1S/C17H22N2O2/c1-13-11-15(8-7-14(13)5-3-9-18)17(20)19-10-4-6-16(12-19)21-2/h7-8,11,16H,4,6,9-10,12,18H2,1-2H3. The van der Waals surface area contributed by atoms with Crippen molar-refractivity contribution in [3.8, 4) is 11.8 Å². The maximum atomic E-state index is 12.6. The molecule has 2 N–H and O–H groups in total. The number of rotatable bonds is 2. The van der Waals surface area contributed by atoms with Crippen LogP contribution < -0.4 is 5.73 Å². The minimum absolute atomic E-state index is 0.0678. The van der Waals surface area contributed by atoms with Gasteiger partial charge in [0, 0.05) is 31.3 Å². The minimum Gasteiger partial charge on any atom is -0.380 e. The second-order valence-electron chi connectivity index (χ2n) is 5.29. The summed E-state index contributed by atoms with van der Waals surface area (Å²) >= 11 is 0. The third-order valence-electron chi connectivity index (χ3n) is 3.80. The van der Waals surface area contributed by atoms with Crippen molar-refractivity contribution in [2.24, 2.45) is 5.73 Å². The number of piperidine rings is 1. The Morgan fingerprint density at radius 3 is 3.00 bits per heavy atom. The number of ether oxygens (including phenoxy) is 1. The monoisotopic (exact) mass is 286 g/mol. The first-order chi connectivity index (χ1) is 10.2. The van der Waals surface area contributed by atoms with Gasteiger partial charge in [0.05, 0.1) is 12.6 Å². The van der Waals surface area contributed by atoms with Crippen molar-refractivity contribution in [2.45, 2.75) is 25.9 Å². The van der Waals surface area contributed by atoms with Crippen molar-refractivity contribution in [3.05, 3.63) is 34.9 Å². The first-order valence-electron chi connectivity index (χ1n) is 7.27. The zero-order valence-corrected chi connectivity index (χ0v) is 12.7. The molecular weight excluding hydrogens is 264 g/mol. The minimum atomic E-state index is 0.0678. The first kappa shape index (κ1) is 15.6. The van der Waals surface area contributed by atoms with E-state index in [0.29, 0.717) is 18.7 Å². The second-order valence-corrected chi connectivity index (χ2v) is 5.29. The van der Waals surface area contributed by atoms with E-state index in [1.54, 1.807) is 7.11 Å². The van der Waals surface area contributed by atoms with Gasteiger partial charge in [-0.3, -0.25) is 4.79 Å². The Balaban J connectivity index is 2.14. The predicted octanol–water partition coefficient (Wildman–Crippen LogP) is 1.56. The molecule has 1 atom stereocenters. The number of nitrogens with two attached hydrogens (primary N) is 1. The normalized spacial score (nSPS) is 18.0. The Bertz CT molecular complexity index is 572. The molecular formula is C17H22N2O2. The lowest BCUT2D eigenvalue weighted by molar-refractivity contribution is 0.0269. The average Bonchev–Trinajstić information content (AvgIpc) is 2.53. The molecule has 1 heterocycles. The maximum absolute atomic E-state index is 12.6. The number of amides is 1. The van der Waals surface area contributed by atoms with E-state index in [4.69, 9.17) is 10.5 Å². The summed E-state index contributed by atoms with van der Waals surface area (Å²) in [6, 6.07) is 5.63. The predicted molar refractivity (Wildman–Crippen MR) is 83.0 cm³/mol. The van der Waals surface area contributed by atoms with Crippen LogP contribution in [0, 0.1) is 18.8 Å². The van der Waals surface area contributed by atoms with Gasteiger partial charge >= 0.3 is 0 Å². The van der Waals surface area contributed by atoms with Gasteiger partial charge in [-0.2, -0.15) is 0 Å². The third kappa shape index (κ3) is 3.84. The Kier molecular flexibility index (Phi) is 5.38. The molecule has 1 aromatic carbocycles. The fourth-order valence-electron chi connectivity index (χ4n) is 2.58. The number of carbonyl (C=O) groups excluding carboxylic acids is 1. The van der Waals surface area contributed by atoms with Gasteiger partial charge in [0.1, 0.15) is 0 Å². The van der Waals surface area contributed by atoms with E-state index in [1.807, 2.05) is 30.0 Å². The van der Waals surface area contributed by atoms with Crippen LogP contribution in [-0.4, -0.2) is 43.7 Å². The summed E-state index contributed by atoms with van der Waals surface area (Å²) in [6.45, 7) is 3.77. The number of benzene rings is 1. The number of likely N-dealkylation sites (tertiary alicyclic amines) is 1. The molecule has 0 saturated carbocycles. The molecule has 112 valence electrons. The van der Waals surface area contributed by atoms with Crippen LogP contribution in [-0.2, 0) is 4.74 Å². The molecule has 0 aromatic heterocycles. The van der Waals surface area contributed by atoms with Gasteiger partial charge < -0.3 is 15.4 Å². The van der Waals surface area contributed by atoms with Crippen molar-refractivity contribution < 1.29 is 9.53 Å². The number of methoxy groups -OCH3 is 1. The van der Waals surface area contributed by atoms with Crippen molar-refractivity contribution in [2.75, 3.05) is 26.7 Å². The smallest absolute Gasteiger partial charge is 0.253 e. The Labute approximate surface area is 126 Å². The highest BCUT2D eigenvalue weighted by molar-refractivity contribution is 5.94. The summed E-state index contributed by atoms with van der Waals surface area (Å²) in [7, 11) is 1.70. The van der Waals surface area contributed by atoms with Crippen molar-refractivity contribution in [3.63, 3.8) is 0 Å². The molecule has 0 spiro atoms. The topological polar surface area (TPSA) is 55.6 Å². The Morgan fingerprint density at radius 1 is 1.52 bits per heavy atom. The summed E-state index contributed by atoms with van der Waals surface area (Å²) in [5.41, 5.74) is 8.02. The second kappa shape index (κ2) is 7.26. The first-order valence-corrected chi connectivity index (χ1v) is 7.27. The highest BCUT2D eigenvalue weighted by Gasteiger charge is 2.24. The zero-order chi connectivity index (χ0) is 15.2. The van der Waals surface area contributed by atoms with E-state index < -0.39 is 0 Å². The van der Waals surface area contributed by atoms with Crippen LogP contribution in [0.5, 0.6) is 0 Å². The lowest BCUT2D eigenvalue weighted by Crippen LogP contribution is -2.42. The van der Waals surface area contributed by atoms with Gasteiger partial charge in [-0.25, -0.2) is 0 Å². The number of nitrogens with zero attached hydrogens (tertiary/aromatic N) is 1. The zero-order valence-electron chi connectivity index (χ0n) is 12.7. The summed E-state index contributed by atoms with van der Waals surface area (Å²) in [4.78, 5) is 14.4.